The normalized spacial score (nSPS) is 24.5. The second-order valence-electron chi connectivity index (χ2n) is 6.78. The molecular formula is C18H24N2O2S. The molecule has 1 aromatic carbocycles. The molecule has 1 unspecified atom stereocenters. The second kappa shape index (κ2) is 6.48. The first-order valence-corrected chi connectivity index (χ1v) is 9.32. The van der Waals surface area contributed by atoms with E-state index in [1.165, 1.54) is 9.71 Å². The van der Waals surface area contributed by atoms with Crippen molar-refractivity contribution in [3.63, 3.8) is 0 Å². The number of hydrogen-bond donors (Lipinski definition) is 0. The van der Waals surface area contributed by atoms with Gasteiger partial charge in [-0.3, -0.25) is 4.90 Å². The summed E-state index contributed by atoms with van der Waals surface area (Å²) in [5, 5.41) is 1.21. The van der Waals surface area contributed by atoms with Gasteiger partial charge in [0.05, 0.1) is 22.4 Å². The van der Waals surface area contributed by atoms with Gasteiger partial charge in [0.1, 0.15) is 5.01 Å². The van der Waals surface area contributed by atoms with Gasteiger partial charge in [-0.25, -0.2) is 4.98 Å². The molecule has 1 atom stereocenters. The molecule has 0 saturated carbocycles. The number of aromatic nitrogens is 1. The van der Waals surface area contributed by atoms with Gasteiger partial charge in [-0.15, -0.1) is 11.3 Å². The smallest absolute Gasteiger partial charge is 0.108 e. The van der Waals surface area contributed by atoms with Crippen LogP contribution in [0.3, 0.4) is 0 Å². The van der Waals surface area contributed by atoms with Gasteiger partial charge in [0.15, 0.2) is 0 Å². The van der Waals surface area contributed by atoms with Crippen molar-refractivity contribution in [2.24, 2.45) is 0 Å². The first kappa shape index (κ1) is 15.5. The summed E-state index contributed by atoms with van der Waals surface area (Å²) < 4.78 is 13.0. The molecule has 3 heterocycles. The number of thiazole rings is 1. The molecule has 5 heteroatoms. The van der Waals surface area contributed by atoms with Gasteiger partial charge in [-0.05, 0) is 44.9 Å². The zero-order valence-corrected chi connectivity index (χ0v) is 14.5. The Labute approximate surface area is 141 Å². The molecule has 2 saturated heterocycles. The summed E-state index contributed by atoms with van der Waals surface area (Å²) in [6.45, 7) is 3.48. The number of para-hydroxylation sites is 1. The second-order valence-corrected chi connectivity index (χ2v) is 7.90. The van der Waals surface area contributed by atoms with E-state index < -0.39 is 0 Å². The molecule has 1 spiro atoms. The maximum atomic E-state index is 6.17. The molecule has 2 fully saturated rings. The van der Waals surface area contributed by atoms with Crippen LogP contribution in [0, 0.1) is 0 Å². The Morgan fingerprint density at radius 1 is 1.26 bits per heavy atom. The molecule has 0 aliphatic carbocycles. The molecule has 1 aromatic heterocycles. The number of hydrogen-bond acceptors (Lipinski definition) is 5. The average Bonchev–Trinajstić information content (AvgIpc) is 2.98. The SMILES string of the molecule is CN(Cc1nc2ccccc2s1)C1CCOC2(CCOCC2)C1. The van der Waals surface area contributed by atoms with Gasteiger partial charge in [-0.2, -0.15) is 0 Å². The van der Waals surface area contributed by atoms with Crippen LogP contribution in [0.1, 0.15) is 30.7 Å². The lowest BCUT2D eigenvalue weighted by Gasteiger charge is -2.45. The van der Waals surface area contributed by atoms with Crippen LogP contribution in [0.4, 0.5) is 0 Å². The number of fused-ring (bicyclic) bond motifs is 1. The van der Waals surface area contributed by atoms with Gasteiger partial charge in [0, 0.05) is 25.9 Å². The van der Waals surface area contributed by atoms with E-state index >= 15 is 0 Å². The molecule has 0 radical (unpaired) electrons. The van der Waals surface area contributed by atoms with Crippen molar-refractivity contribution in [3.8, 4) is 0 Å². The van der Waals surface area contributed by atoms with Crippen LogP contribution < -0.4 is 0 Å². The first-order chi connectivity index (χ1) is 11.2. The molecular weight excluding hydrogens is 308 g/mol. The predicted octanol–water partition coefficient (Wildman–Crippen LogP) is 3.46. The minimum atomic E-state index is 0.0585. The van der Waals surface area contributed by atoms with Gasteiger partial charge in [-0.1, -0.05) is 12.1 Å². The van der Waals surface area contributed by atoms with Crippen molar-refractivity contribution in [2.45, 2.75) is 43.9 Å². The van der Waals surface area contributed by atoms with Gasteiger partial charge >= 0.3 is 0 Å². The van der Waals surface area contributed by atoms with Crippen LogP contribution in [-0.4, -0.2) is 48.4 Å². The van der Waals surface area contributed by atoms with Gasteiger partial charge < -0.3 is 9.47 Å². The van der Waals surface area contributed by atoms with E-state index in [0.29, 0.717) is 6.04 Å². The van der Waals surface area contributed by atoms with E-state index in [2.05, 4.69) is 36.2 Å². The standard InChI is InChI=1S/C18H24N2O2S/c1-20(13-17-19-15-4-2-3-5-16(15)23-17)14-6-9-22-18(12-14)7-10-21-11-8-18/h2-5,14H,6-13H2,1H3. The molecule has 4 rings (SSSR count). The predicted molar refractivity (Wildman–Crippen MR) is 92.8 cm³/mol. The Morgan fingerprint density at radius 3 is 2.91 bits per heavy atom. The van der Waals surface area contributed by atoms with Crippen LogP contribution in [0.25, 0.3) is 10.2 Å². The summed E-state index contributed by atoms with van der Waals surface area (Å²) in [5.74, 6) is 0. The van der Waals surface area contributed by atoms with E-state index in [1.54, 1.807) is 0 Å². The maximum Gasteiger partial charge on any atom is 0.108 e. The van der Waals surface area contributed by atoms with Crippen molar-refractivity contribution in [2.75, 3.05) is 26.9 Å². The van der Waals surface area contributed by atoms with Crippen molar-refractivity contribution in [1.29, 1.82) is 0 Å². The summed E-state index contributed by atoms with van der Waals surface area (Å²) in [7, 11) is 2.23. The minimum absolute atomic E-state index is 0.0585. The highest BCUT2D eigenvalue weighted by Crippen LogP contribution is 2.36. The average molecular weight is 332 g/mol. The van der Waals surface area contributed by atoms with Crippen molar-refractivity contribution >= 4 is 21.6 Å². The summed E-state index contributed by atoms with van der Waals surface area (Å²) in [6.07, 6.45) is 4.32. The zero-order valence-electron chi connectivity index (χ0n) is 13.7. The summed E-state index contributed by atoms with van der Waals surface area (Å²) in [6, 6.07) is 8.97. The van der Waals surface area contributed by atoms with Crippen LogP contribution in [0.5, 0.6) is 0 Å². The number of nitrogens with zero attached hydrogens (tertiary/aromatic N) is 2. The highest BCUT2D eigenvalue weighted by Gasteiger charge is 2.40. The number of rotatable bonds is 3. The third-order valence-corrected chi connectivity index (χ3v) is 6.24. The van der Waals surface area contributed by atoms with Crippen LogP contribution >= 0.6 is 11.3 Å². The Morgan fingerprint density at radius 2 is 2.09 bits per heavy atom. The van der Waals surface area contributed by atoms with E-state index in [1.807, 2.05) is 11.3 Å². The summed E-state index contributed by atoms with van der Waals surface area (Å²) in [5.41, 5.74) is 1.18. The van der Waals surface area contributed by atoms with Crippen LogP contribution in [0.15, 0.2) is 24.3 Å². The molecule has 2 aliphatic rings. The fraction of sp³-hybridized carbons (Fsp3) is 0.611. The van der Waals surface area contributed by atoms with Gasteiger partial charge in [0.2, 0.25) is 0 Å². The molecule has 4 nitrogen and oxygen atoms in total. The molecule has 0 N–H and O–H groups in total. The topological polar surface area (TPSA) is 34.6 Å². The summed E-state index contributed by atoms with van der Waals surface area (Å²) >= 11 is 1.81. The Bertz CT molecular complexity index is 627. The summed E-state index contributed by atoms with van der Waals surface area (Å²) in [4.78, 5) is 7.25. The fourth-order valence-electron chi connectivity index (χ4n) is 3.80. The van der Waals surface area contributed by atoms with Gasteiger partial charge in [0.25, 0.3) is 0 Å². The third-order valence-electron chi connectivity index (χ3n) is 5.22. The minimum Gasteiger partial charge on any atom is -0.381 e. The zero-order chi connectivity index (χ0) is 15.7. The molecule has 0 amide bonds. The van der Waals surface area contributed by atoms with E-state index in [0.717, 1.165) is 57.6 Å². The lowest BCUT2D eigenvalue weighted by molar-refractivity contribution is -0.150. The third kappa shape index (κ3) is 3.29. The lowest BCUT2D eigenvalue weighted by atomic mass is 9.83. The largest absolute Gasteiger partial charge is 0.381 e. The van der Waals surface area contributed by atoms with E-state index in [9.17, 15) is 0 Å². The highest BCUT2D eigenvalue weighted by atomic mass is 32.1. The first-order valence-electron chi connectivity index (χ1n) is 8.51. The number of benzene rings is 1. The Balaban J connectivity index is 1.44. The molecule has 124 valence electrons. The lowest BCUT2D eigenvalue weighted by Crippen LogP contribution is -2.50. The molecule has 2 aromatic rings. The van der Waals surface area contributed by atoms with Crippen molar-refractivity contribution in [3.05, 3.63) is 29.3 Å². The van der Waals surface area contributed by atoms with Crippen LogP contribution in [-0.2, 0) is 16.0 Å². The molecule has 23 heavy (non-hydrogen) atoms. The van der Waals surface area contributed by atoms with E-state index in [-0.39, 0.29) is 5.60 Å². The monoisotopic (exact) mass is 332 g/mol. The quantitative estimate of drug-likeness (QED) is 0.862. The maximum absolute atomic E-state index is 6.17. The highest BCUT2D eigenvalue weighted by molar-refractivity contribution is 7.18. The fourth-order valence-corrected chi connectivity index (χ4v) is 4.83. The molecule has 2 aliphatic heterocycles. The Hall–Kier alpha value is -1.01. The Kier molecular flexibility index (Phi) is 4.37. The van der Waals surface area contributed by atoms with Crippen molar-refractivity contribution in [1.82, 2.24) is 9.88 Å². The van der Waals surface area contributed by atoms with Crippen LogP contribution in [0.2, 0.25) is 0 Å². The van der Waals surface area contributed by atoms with Crippen molar-refractivity contribution < 1.29 is 9.47 Å². The molecule has 0 bridgehead atoms. The number of ether oxygens (including phenoxy) is 2. The van der Waals surface area contributed by atoms with E-state index in [4.69, 9.17) is 14.5 Å².